The average molecular weight is 245 g/mol. The fourth-order valence-electron chi connectivity index (χ4n) is 1.99. The van der Waals surface area contributed by atoms with Crippen LogP contribution in [0.5, 0.6) is 0 Å². The lowest BCUT2D eigenvalue weighted by Crippen LogP contribution is -2.26. The molecule has 0 aliphatic rings. The number of aromatic nitrogens is 2. The molecule has 0 aliphatic heterocycles. The van der Waals surface area contributed by atoms with E-state index in [2.05, 4.69) is 17.2 Å². The summed E-state index contributed by atoms with van der Waals surface area (Å²) < 4.78 is 1.86. The summed E-state index contributed by atoms with van der Waals surface area (Å²) in [5.74, 6) is -0.0287. The Hall–Kier alpha value is -1.84. The summed E-state index contributed by atoms with van der Waals surface area (Å²) >= 11 is 0. The second kappa shape index (κ2) is 5.67. The molecule has 4 heteroatoms. The molecule has 2 rings (SSSR count). The molecule has 0 unspecified atom stereocenters. The van der Waals surface area contributed by atoms with E-state index in [0.717, 1.165) is 37.1 Å². The van der Waals surface area contributed by atoms with E-state index in [1.807, 2.05) is 35.7 Å². The van der Waals surface area contributed by atoms with Crippen LogP contribution in [-0.2, 0) is 6.42 Å². The van der Waals surface area contributed by atoms with Crippen LogP contribution in [0.3, 0.4) is 0 Å². The van der Waals surface area contributed by atoms with Crippen molar-refractivity contribution >= 4 is 11.6 Å². The predicted molar refractivity (Wildman–Crippen MR) is 71.8 cm³/mol. The standard InChI is InChI=1S/C14H19N3O/c1-3-5-9-15-14(18)13-11(4-2)16-12-8-6-7-10-17(12)13/h6-8,10H,3-5,9H2,1-2H3,(H,15,18). The fourth-order valence-corrected chi connectivity index (χ4v) is 1.99. The normalized spacial score (nSPS) is 10.8. The first-order valence-corrected chi connectivity index (χ1v) is 6.52. The highest BCUT2D eigenvalue weighted by Gasteiger charge is 2.17. The summed E-state index contributed by atoms with van der Waals surface area (Å²) in [6.07, 6.45) is 4.73. The van der Waals surface area contributed by atoms with E-state index in [0.29, 0.717) is 5.69 Å². The van der Waals surface area contributed by atoms with Crippen LogP contribution in [0.15, 0.2) is 24.4 Å². The SMILES string of the molecule is CCCCNC(=O)c1c(CC)nc2ccccn12. The Morgan fingerprint density at radius 3 is 2.94 bits per heavy atom. The van der Waals surface area contributed by atoms with Crippen LogP contribution in [0.2, 0.25) is 0 Å². The number of imidazole rings is 1. The molecule has 0 saturated carbocycles. The van der Waals surface area contributed by atoms with Crippen LogP contribution < -0.4 is 5.32 Å². The monoisotopic (exact) mass is 245 g/mol. The number of unbranched alkanes of at least 4 members (excludes halogenated alkanes) is 1. The Morgan fingerprint density at radius 2 is 2.22 bits per heavy atom. The fraction of sp³-hybridized carbons (Fsp3) is 0.429. The molecule has 0 fully saturated rings. The molecule has 0 saturated heterocycles. The maximum atomic E-state index is 12.2. The van der Waals surface area contributed by atoms with Crippen molar-refractivity contribution in [1.82, 2.24) is 14.7 Å². The van der Waals surface area contributed by atoms with Gasteiger partial charge in [0.2, 0.25) is 0 Å². The second-order valence-corrected chi connectivity index (χ2v) is 4.30. The summed E-state index contributed by atoms with van der Waals surface area (Å²) in [4.78, 5) is 16.7. The van der Waals surface area contributed by atoms with Gasteiger partial charge in [0.05, 0.1) is 5.69 Å². The third-order valence-electron chi connectivity index (χ3n) is 2.97. The van der Waals surface area contributed by atoms with E-state index in [9.17, 15) is 4.79 Å². The maximum Gasteiger partial charge on any atom is 0.270 e. The summed E-state index contributed by atoms with van der Waals surface area (Å²) in [6.45, 7) is 4.85. The number of aryl methyl sites for hydroxylation is 1. The van der Waals surface area contributed by atoms with Gasteiger partial charge in [-0.25, -0.2) is 4.98 Å². The van der Waals surface area contributed by atoms with Gasteiger partial charge in [0, 0.05) is 12.7 Å². The quantitative estimate of drug-likeness (QED) is 0.822. The minimum absolute atomic E-state index is 0.0287. The minimum atomic E-state index is -0.0287. The van der Waals surface area contributed by atoms with E-state index in [1.54, 1.807) is 0 Å². The third-order valence-corrected chi connectivity index (χ3v) is 2.97. The second-order valence-electron chi connectivity index (χ2n) is 4.30. The van der Waals surface area contributed by atoms with Crippen LogP contribution in [0.4, 0.5) is 0 Å². The molecule has 0 radical (unpaired) electrons. The van der Waals surface area contributed by atoms with Crippen molar-refractivity contribution in [3.63, 3.8) is 0 Å². The van der Waals surface area contributed by atoms with Crippen molar-refractivity contribution in [2.75, 3.05) is 6.54 Å². The van der Waals surface area contributed by atoms with Gasteiger partial charge in [0.15, 0.2) is 0 Å². The van der Waals surface area contributed by atoms with Gasteiger partial charge < -0.3 is 5.32 Å². The Morgan fingerprint density at radius 1 is 1.39 bits per heavy atom. The molecule has 4 nitrogen and oxygen atoms in total. The first kappa shape index (κ1) is 12.6. The molecule has 0 bridgehead atoms. The zero-order valence-electron chi connectivity index (χ0n) is 10.9. The Labute approximate surface area is 107 Å². The van der Waals surface area contributed by atoms with Gasteiger partial charge in [-0.2, -0.15) is 0 Å². The molecule has 2 aromatic heterocycles. The van der Waals surface area contributed by atoms with Gasteiger partial charge in [-0.3, -0.25) is 9.20 Å². The number of pyridine rings is 1. The average Bonchev–Trinajstić information content (AvgIpc) is 2.77. The lowest BCUT2D eigenvalue weighted by atomic mass is 10.2. The van der Waals surface area contributed by atoms with E-state index < -0.39 is 0 Å². The van der Waals surface area contributed by atoms with Crippen molar-refractivity contribution in [3.05, 3.63) is 35.8 Å². The smallest absolute Gasteiger partial charge is 0.270 e. The van der Waals surface area contributed by atoms with Crippen LogP contribution in [0.25, 0.3) is 5.65 Å². The van der Waals surface area contributed by atoms with Crippen molar-refractivity contribution in [3.8, 4) is 0 Å². The van der Waals surface area contributed by atoms with Gasteiger partial charge in [-0.05, 0) is 25.0 Å². The number of rotatable bonds is 5. The molecule has 0 atom stereocenters. The highest BCUT2D eigenvalue weighted by atomic mass is 16.1. The molecule has 2 aromatic rings. The number of nitrogens with one attached hydrogen (secondary N) is 1. The summed E-state index contributed by atoms with van der Waals surface area (Å²) in [7, 11) is 0. The van der Waals surface area contributed by atoms with Crippen molar-refractivity contribution < 1.29 is 4.79 Å². The van der Waals surface area contributed by atoms with Gasteiger partial charge in [0.1, 0.15) is 11.3 Å². The van der Waals surface area contributed by atoms with Crippen molar-refractivity contribution in [2.24, 2.45) is 0 Å². The molecule has 1 N–H and O–H groups in total. The molecular weight excluding hydrogens is 226 g/mol. The highest BCUT2D eigenvalue weighted by molar-refractivity contribution is 5.94. The van der Waals surface area contributed by atoms with Gasteiger partial charge in [0.25, 0.3) is 5.91 Å². The van der Waals surface area contributed by atoms with Crippen LogP contribution >= 0.6 is 0 Å². The number of carbonyl (C=O) groups excluding carboxylic acids is 1. The van der Waals surface area contributed by atoms with Gasteiger partial charge in [-0.1, -0.05) is 26.3 Å². The lowest BCUT2D eigenvalue weighted by Gasteiger charge is -2.05. The zero-order valence-corrected chi connectivity index (χ0v) is 10.9. The van der Waals surface area contributed by atoms with Crippen molar-refractivity contribution in [2.45, 2.75) is 33.1 Å². The molecule has 1 amide bonds. The van der Waals surface area contributed by atoms with Gasteiger partial charge in [-0.15, -0.1) is 0 Å². The van der Waals surface area contributed by atoms with E-state index in [4.69, 9.17) is 0 Å². The summed E-state index contributed by atoms with van der Waals surface area (Å²) in [5.41, 5.74) is 2.36. The number of carbonyl (C=O) groups is 1. The summed E-state index contributed by atoms with van der Waals surface area (Å²) in [6, 6.07) is 5.76. The van der Waals surface area contributed by atoms with E-state index in [-0.39, 0.29) is 5.91 Å². The molecule has 96 valence electrons. The highest BCUT2D eigenvalue weighted by Crippen LogP contribution is 2.13. The number of hydrogen-bond acceptors (Lipinski definition) is 2. The molecular formula is C14H19N3O. The number of fused-ring (bicyclic) bond motifs is 1. The first-order valence-electron chi connectivity index (χ1n) is 6.52. The maximum absolute atomic E-state index is 12.2. The molecule has 0 aromatic carbocycles. The van der Waals surface area contributed by atoms with E-state index in [1.165, 1.54) is 0 Å². The summed E-state index contributed by atoms with van der Waals surface area (Å²) in [5, 5.41) is 2.95. The Kier molecular flexibility index (Phi) is 3.97. The van der Waals surface area contributed by atoms with Crippen molar-refractivity contribution in [1.29, 1.82) is 0 Å². The Balaban J connectivity index is 2.32. The molecule has 0 spiro atoms. The topological polar surface area (TPSA) is 46.4 Å². The van der Waals surface area contributed by atoms with Gasteiger partial charge >= 0.3 is 0 Å². The van der Waals surface area contributed by atoms with Crippen LogP contribution in [0.1, 0.15) is 42.9 Å². The molecule has 0 aliphatic carbocycles. The third kappa shape index (κ3) is 2.37. The Bertz CT molecular complexity index is 545. The van der Waals surface area contributed by atoms with Crippen LogP contribution in [0, 0.1) is 0 Å². The lowest BCUT2D eigenvalue weighted by molar-refractivity contribution is 0.0946. The largest absolute Gasteiger partial charge is 0.351 e. The molecule has 2 heterocycles. The zero-order chi connectivity index (χ0) is 13.0. The van der Waals surface area contributed by atoms with Crippen LogP contribution in [-0.4, -0.2) is 21.8 Å². The van der Waals surface area contributed by atoms with E-state index >= 15 is 0 Å². The minimum Gasteiger partial charge on any atom is -0.351 e. The number of hydrogen-bond donors (Lipinski definition) is 1. The first-order chi connectivity index (χ1) is 8.77. The predicted octanol–water partition coefficient (Wildman–Crippen LogP) is 2.43. The number of amides is 1. The molecule has 18 heavy (non-hydrogen) atoms. The number of nitrogens with zero attached hydrogens (tertiary/aromatic N) is 2.